The number of amides is 2. The van der Waals surface area contributed by atoms with E-state index >= 15 is 0 Å². The molecule has 1 aliphatic carbocycles. The number of nitrogens with zero attached hydrogens (tertiary/aromatic N) is 8. The number of piperidine rings is 1. The Morgan fingerprint density at radius 2 is 1.93 bits per heavy atom. The van der Waals surface area contributed by atoms with Crippen LogP contribution in [0.25, 0.3) is 22.2 Å². The molecule has 1 saturated carbocycles. The van der Waals surface area contributed by atoms with Crippen LogP contribution in [0.3, 0.4) is 0 Å². The predicted molar refractivity (Wildman–Crippen MR) is 155 cm³/mol. The highest BCUT2D eigenvalue weighted by atomic mass is 79.9. The summed E-state index contributed by atoms with van der Waals surface area (Å²) in [5, 5.41) is 17.1. The Labute approximate surface area is 249 Å². The van der Waals surface area contributed by atoms with Crippen LogP contribution >= 0.6 is 15.9 Å². The first-order valence-electron chi connectivity index (χ1n) is 13.4. The summed E-state index contributed by atoms with van der Waals surface area (Å²) in [7, 11) is 0. The van der Waals surface area contributed by atoms with Gasteiger partial charge in [0.25, 0.3) is 0 Å². The molecule has 2 aliphatic rings. The molecule has 0 aromatic carbocycles. The highest BCUT2D eigenvalue weighted by Crippen LogP contribution is 2.59. The van der Waals surface area contributed by atoms with Crippen LogP contribution in [-0.2, 0) is 22.6 Å². The van der Waals surface area contributed by atoms with E-state index in [-0.39, 0.29) is 47.7 Å². The zero-order valence-corrected chi connectivity index (χ0v) is 24.7. The molecule has 1 unspecified atom stereocenters. The molecule has 2 amide bonds. The van der Waals surface area contributed by atoms with Crippen molar-refractivity contribution in [3.8, 4) is 17.3 Å². The molecule has 42 heavy (non-hydrogen) atoms. The third-order valence-corrected chi connectivity index (χ3v) is 8.46. The summed E-state index contributed by atoms with van der Waals surface area (Å²) in [5.74, 6) is 0.0384. The second kappa shape index (κ2) is 10.4. The number of rotatable bonds is 7. The fourth-order valence-corrected chi connectivity index (χ4v) is 6.01. The number of nitriles is 1. The van der Waals surface area contributed by atoms with Gasteiger partial charge in [0.05, 0.1) is 29.9 Å². The van der Waals surface area contributed by atoms with Crippen LogP contribution in [0.1, 0.15) is 48.6 Å². The maximum absolute atomic E-state index is 13.8. The van der Waals surface area contributed by atoms with Crippen LogP contribution in [0, 0.1) is 23.7 Å². The van der Waals surface area contributed by atoms with E-state index in [1.807, 2.05) is 0 Å². The van der Waals surface area contributed by atoms with E-state index in [4.69, 9.17) is 0 Å². The van der Waals surface area contributed by atoms with E-state index in [0.29, 0.717) is 50.4 Å². The predicted octanol–water partition coefficient (Wildman–Crippen LogP) is 3.64. The normalized spacial score (nSPS) is 20.7. The lowest BCUT2D eigenvalue weighted by molar-refractivity contribution is -0.138. The number of fused-ring (bicyclic) bond motifs is 2. The molecule has 13 heteroatoms. The summed E-state index contributed by atoms with van der Waals surface area (Å²) in [6.07, 6.45) is 6.31. The minimum atomic E-state index is -0.711. The molecule has 212 valence electrons. The highest BCUT2D eigenvalue weighted by molar-refractivity contribution is 9.10. The smallest absolute Gasteiger partial charge is 0.248 e. The lowest BCUT2D eigenvalue weighted by atomic mass is 10.0. The highest BCUT2D eigenvalue weighted by Gasteiger charge is 2.64. The number of likely N-dealkylation sites (tertiary alicyclic amines) is 1. The molecule has 5 heterocycles. The Morgan fingerprint density at radius 1 is 1.17 bits per heavy atom. The van der Waals surface area contributed by atoms with Gasteiger partial charge in [-0.15, -0.1) is 0 Å². The summed E-state index contributed by atoms with van der Waals surface area (Å²) in [4.78, 5) is 58.8. The molecule has 2 fully saturated rings. The Kier molecular flexibility index (Phi) is 6.81. The standard InChI is InChI=1S/C29H26BrN9O3/c1-15(40)26-19-8-20(18-11-32-16(2)33-12-18)34-13-22(19)38(37-26)14-25(41)39-21(9-29(3)10-23(29)39)28(42)36-27-17(6-7-31)4-5-24(30)35-27/h4-5,8,11-13,21,23H,6,9-10,14H2,1-3H3,(H,35,36,42)/t21-,23?,29-/m0/s1. The van der Waals surface area contributed by atoms with Crippen molar-refractivity contribution in [2.75, 3.05) is 5.32 Å². The molecule has 1 N–H and O–H groups in total. The van der Waals surface area contributed by atoms with E-state index < -0.39 is 6.04 Å². The number of pyridine rings is 2. The number of halogens is 1. The van der Waals surface area contributed by atoms with Gasteiger partial charge < -0.3 is 10.2 Å². The van der Waals surface area contributed by atoms with Crippen molar-refractivity contribution in [2.45, 2.75) is 58.7 Å². The van der Waals surface area contributed by atoms with Gasteiger partial charge in [-0.25, -0.2) is 15.0 Å². The van der Waals surface area contributed by atoms with Crippen molar-refractivity contribution in [3.05, 3.63) is 58.5 Å². The quantitative estimate of drug-likeness (QED) is 0.238. The average Bonchev–Trinajstić information content (AvgIpc) is 3.32. The van der Waals surface area contributed by atoms with Crippen LogP contribution < -0.4 is 5.32 Å². The summed E-state index contributed by atoms with van der Waals surface area (Å²) in [5.41, 5.74) is 2.47. The first kappa shape index (κ1) is 27.6. The third-order valence-electron chi connectivity index (χ3n) is 8.01. The molecule has 1 saturated heterocycles. The Hall–Kier alpha value is -4.57. The first-order chi connectivity index (χ1) is 20.1. The molecular formula is C29H26BrN9O3. The maximum Gasteiger partial charge on any atom is 0.248 e. The van der Waals surface area contributed by atoms with E-state index in [9.17, 15) is 19.6 Å². The van der Waals surface area contributed by atoms with Gasteiger partial charge in [0.1, 0.15) is 34.5 Å². The van der Waals surface area contributed by atoms with Gasteiger partial charge in [-0.3, -0.25) is 24.0 Å². The molecule has 6 rings (SSSR count). The molecule has 0 bridgehead atoms. The van der Waals surface area contributed by atoms with Gasteiger partial charge in [-0.05, 0) is 53.2 Å². The first-order valence-corrected chi connectivity index (χ1v) is 14.2. The number of nitrogens with one attached hydrogen (secondary N) is 1. The number of aryl methyl sites for hydroxylation is 1. The third kappa shape index (κ3) is 4.92. The molecule has 0 radical (unpaired) electrons. The zero-order chi connectivity index (χ0) is 29.8. The van der Waals surface area contributed by atoms with Crippen LogP contribution in [0.15, 0.2) is 41.4 Å². The monoisotopic (exact) mass is 627 g/mol. The van der Waals surface area contributed by atoms with E-state index in [0.717, 1.165) is 6.42 Å². The van der Waals surface area contributed by atoms with Crippen LogP contribution in [0.4, 0.5) is 5.82 Å². The minimum Gasteiger partial charge on any atom is -0.325 e. The van der Waals surface area contributed by atoms with Gasteiger partial charge in [-0.2, -0.15) is 10.4 Å². The fraction of sp³-hybridized carbons (Fsp3) is 0.345. The Bertz CT molecular complexity index is 1810. The topological polar surface area (TPSA) is 160 Å². The molecule has 1 aliphatic heterocycles. The molecule has 4 aromatic rings. The lowest BCUT2D eigenvalue weighted by Crippen LogP contribution is -2.47. The number of hydrogen-bond acceptors (Lipinski definition) is 9. The van der Waals surface area contributed by atoms with Gasteiger partial charge in [0, 0.05) is 41.9 Å². The van der Waals surface area contributed by atoms with Gasteiger partial charge in [0.15, 0.2) is 5.78 Å². The van der Waals surface area contributed by atoms with Crippen molar-refractivity contribution in [3.63, 3.8) is 0 Å². The second-order valence-corrected chi connectivity index (χ2v) is 11.8. The molecular weight excluding hydrogens is 602 g/mol. The van der Waals surface area contributed by atoms with E-state index in [2.05, 4.69) is 59.3 Å². The number of hydrogen-bond donors (Lipinski definition) is 1. The van der Waals surface area contributed by atoms with Crippen molar-refractivity contribution in [1.82, 2.24) is 34.6 Å². The number of ketones is 1. The van der Waals surface area contributed by atoms with Crippen LogP contribution in [-0.4, -0.2) is 64.3 Å². The SMILES string of the molecule is CC(=O)c1nn(CC(=O)N2C3C[C@]3(C)C[C@H]2C(=O)Nc2nc(Br)ccc2CC#N)c2cnc(-c3cnc(C)nc3)cc12. The van der Waals surface area contributed by atoms with Gasteiger partial charge in [-0.1, -0.05) is 13.0 Å². The van der Waals surface area contributed by atoms with E-state index in [1.165, 1.54) is 11.6 Å². The molecule has 0 spiro atoms. The number of Topliss-reactive ketones (excluding diaryl/α,β-unsaturated/α-hetero) is 1. The van der Waals surface area contributed by atoms with E-state index in [1.54, 1.807) is 48.6 Å². The van der Waals surface area contributed by atoms with Crippen LogP contribution in [0.5, 0.6) is 0 Å². The molecule has 4 aromatic heterocycles. The Morgan fingerprint density at radius 3 is 2.64 bits per heavy atom. The summed E-state index contributed by atoms with van der Waals surface area (Å²) < 4.78 is 2.00. The van der Waals surface area contributed by atoms with Crippen molar-refractivity contribution >= 4 is 50.2 Å². The number of carbonyl (C=O) groups excluding carboxylic acids is 3. The van der Waals surface area contributed by atoms with Gasteiger partial charge >= 0.3 is 0 Å². The minimum absolute atomic E-state index is 0.0739. The Balaban J connectivity index is 1.28. The average molecular weight is 628 g/mol. The number of anilines is 1. The number of carbonyl (C=O) groups is 3. The maximum atomic E-state index is 13.8. The molecule has 12 nitrogen and oxygen atoms in total. The zero-order valence-electron chi connectivity index (χ0n) is 23.1. The largest absolute Gasteiger partial charge is 0.325 e. The summed E-state index contributed by atoms with van der Waals surface area (Å²) in [6, 6.07) is 6.49. The second-order valence-electron chi connectivity index (χ2n) is 11.0. The summed E-state index contributed by atoms with van der Waals surface area (Å²) in [6.45, 7) is 5.12. The fourth-order valence-electron chi connectivity index (χ4n) is 5.71. The molecule has 3 atom stereocenters. The summed E-state index contributed by atoms with van der Waals surface area (Å²) >= 11 is 3.32. The lowest BCUT2D eigenvalue weighted by Gasteiger charge is -2.27. The van der Waals surface area contributed by atoms with Crippen LogP contribution in [0.2, 0.25) is 0 Å². The van der Waals surface area contributed by atoms with Crippen molar-refractivity contribution < 1.29 is 14.4 Å². The van der Waals surface area contributed by atoms with Gasteiger partial charge in [0.2, 0.25) is 11.8 Å². The van der Waals surface area contributed by atoms with Crippen molar-refractivity contribution in [1.29, 1.82) is 5.26 Å². The number of aromatic nitrogens is 6. The van der Waals surface area contributed by atoms with Crippen molar-refractivity contribution in [2.24, 2.45) is 5.41 Å².